The lowest BCUT2D eigenvalue weighted by molar-refractivity contribution is -0.290. The molecule has 33 heavy (non-hydrogen) atoms. The average Bonchev–Trinajstić information content (AvgIpc) is 2.67. The molecule has 1 aliphatic carbocycles. The van der Waals surface area contributed by atoms with Gasteiger partial charge in [-0.05, 0) is 71.5 Å². The summed E-state index contributed by atoms with van der Waals surface area (Å²) in [5, 5.41) is 12.1. The summed E-state index contributed by atoms with van der Waals surface area (Å²) in [5.74, 6) is 0. The minimum atomic E-state index is -5.75. The van der Waals surface area contributed by atoms with Crippen LogP contribution >= 0.6 is 31.9 Å². The SMILES string of the molecule is Cc1ccc(C)c(C2(O)c3ccc(Br)cc3C(C(F)(F)F)(C(F)(F)F)c3cc(Br)ccc32)c1. The summed E-state index contributed by atoms with van der Waals surface area (Å²) in [5.41, 5.74) is -8.22. The van der Waals surface area contributed by atoms with Gasteiger partial charge in [0.25, 0.3) is 0 Å². The van der Waals surface area contributed by atoms with Crippen molar-refractivity contribution in [1.29, 1.82) is 0 Å². The maximum atomic E-state index is 14.7. The van der Waals surface area contributed by atoms with Crippen molar-refractivity contribution in [2.75, 3.05) is 0 Å². The molecule has 9 heteroatoms. The molecular weight excluding hydrogens is 578 g/mol. The van der Waals surface area contributed by atoms with Gasteiger partial charge in [-0.2, -0.15) is 26.3 Å². The van der Waals surface area contributed by atoms with Gasteiger partial charge < -0.3 is 5.11 Å². The van der Waals surface area contributed by atoms with Crippen LogP contribution in [0, 0.1) is 13.8 Å². The largest absolute Gasteiger partial charge is 0.411 e. The first-order valence-electron chi connectivity index (χ1n) is 9.70. The number of hydrogen-bond acceptors (Lipinski definition) is 1. The summed E-state index contributed by atoms with van der Waals surface area (Å²) in [4.78, 5) is 0. The molecule has 0 saturated heterocycles. The van der Waals surface area contributed by atoms with Gasteiger partial charge in [0.15, 0.2) is 0 Å². The van der Waals surface area contributed by atoms with Gasteiger partial charge >= 0.3 is 12.4 Å². The third-order valence-corrected chi connectivity index (χ3v) is 7.17. The van der Waals surface area contributed by atoms with Crippen molar-refractivity contribution in [2.24, 2.45) is 0 Å². The van der Waals surface area contributed by atoms with Crippen LogP contribution in [0.4, 0.5) is 26.3 Å². The average molecular weight is 594 g/mol. The van der Waals surface area contributed by atoms with Crippen molar-refractivity contribution >= 4 is 31.9 Å². The molecule has 4 rings (SSSR count). The second-order valence-corrected chi connectivity index (χ2v) is 9.99. The number of fused-ring (bicyclic) bond motifs is 2. The smallest absolute Gasteiger partial charge is 0.376 e. The second-order valence-electron chi connectivity index (χ2n) is 8.15. The molecule has 0 atom stereocenters. The number of benzene rings is 3. The molecular formula is C24H16Br2F6O. The Hall–Kier alpha value is -1.84. The lowest BCUT2D eigenvalue weighted by Crippen LogP contribution is -2.59. The Kier molecular flexibility index (Phi) is 5.58. The van der Waals surface area contributed by atoms with Crippen molar-refractivity contribution < 1.29 is 31.4 Å². The van der Waals surface area contributed by atoms with Gasteiger partial charge in [0.2, 0.25) is 5.41 Å². The van der Waals surface area contributed by atoms with Crippen LogP contribution in [0.1, 0.15) is 38.9 Å². The van der Waals surface area contributed by atoms with Crippen LogP contribution in [0.3, 0.4) is 0 Å². The van der Waals surface area contributed by atoms with Crippen molar-refractivity contribution in [3.05, 3.63) is 102 Å². The monoisotopic (exact) mass is 592 g/mol. The van der Waals surface area contributed by atoms with Crippen molar-refractivity contribution in [2.45, 2.75) is 37.2 Å². The Morgan fingerprint density at radius 2 is 1.09 bits per heavy atom. The number of rotatable bonds is 1. The zero-order valence-corrected chi connectivity index (χ0v) is 20.3. The van der Waals surface area contributed by atoms with Crippen LogP contribution in [0.5, 0.6) is 0 Å². The highest BCUT2D eigenvalue weighted by atomic mass is 79.9. The lowest BCUT2D eigenvalue weighted by Gasteiger charge is -2.48. The van der Waals surface area contributed by atoms with E-state index in [1.54, 1.807) is 32.0 Å². The highest BCUT2D eigenvalue weighted by Gasteiger charge is 2.76. The number of aryl methyl sites for hydroxylation is 2. The Bertz CT molecular complexity index is 1190. The van der Waals surface area contributed by atoms with Crippen LogP contribution in [-0.2, 0) is 11.0 Å². The molecule has 3 aromatic rings. The molecule has 0 aromatic heterocycles. The minimum Gasteiger partial charge on any atom is -0.376 e. The Balaban J connectivity index is 2.30. The van der Waals surface area contributed by atoms with Crippen molar-refractivity contribution in [3.8, 4) is 0 Å². The summed E-state index contributed by atoms with van der Waals surface area (Å²) in [6.07, 6.45) is -11.5. The Morgan fingerprint density at radius 1 is 0.636 bits per heavy atom. The Labute approximate surface area is 202 Å². The topological polar surface area (TPSA) is 20.2 Å². The van der Waals surface area contributed by atoms with Gasteiger partial charge in [-0.25, -0.2) is 0 Å². The van der Waals surface area contributed by atoms with Gasteiger partial charge in [-0.15, -0.1) is 0 Å². The fourth-order valence-corrected chi connectivity index (χ4v) is 5.48. The minimum absolute atomic E-state index is 0.0286. The van der Waals surface area contributed by atoms with Crippen LogP contribution in [-0.4, -0.2) is 17.5 Å². The zero-order valence-electron chi connectivity index (χ0n) is 17.2. The van der Waals surface area contributed by atoms with E-state index in [9.17, 15) is 31.4 Å². The van der Waals surface area contributed by atoms with Gasteiger partial charge in [-0.3, -0.25) is 0 Å². The van der Waals surface area contributed by atoms with Crippen LogP contribution in [0.15, 0.2) is 63.5 Å². The molecule has 0 fully saturated rings. The van der Waals surface area contributed by atoms with Gasteiger partial charge in [0.1, 0.15) is 5.60 Å². The molecule has 1 N–H and O–H groups in total. The molecule has 174 valence electrons. The van der Waals surface area contributed by atoms with Crippen LogP contribution in [0.2, 0.25) is 0 Å². The van der Waals surface area contributed by atoms with Gasteiger partial charge in [0, 0.05) is 8.95 Å². The molecule has 1 aliphatic rings. The highest BCUT2D eigenvalue weighted by Crippen LogP contribution is 2.64. The molecule has 0 saturated carbocycles. The first-order valence-corrected chi connectivity index (χ1v) is 11.3. The third kappa shape index (κ3) is 3.30. The third-order valence-electron chi connectivity index (χ3n) is 6.18. The zero-order chi connectivity index (χ0) is 24.6. The molecule has 3 aromatic carbocycles. The van der Waals surface area contributed by atoms with E-state index in [0.717, 1.165) is 24.3 Å². The molecule has 0 radical (unpaired) electrons. The molecule has 0 unspecified atom stereocenters. The number of aliphatic hydroxyl groups is 1. The van der Waals surface area contributed by atoms with E-state index in [-0.39, 0.29) is 14.5 Å². The number of alkyl halides is 6. The molecule has 1 nitrogen and oxygen atoms in total. The van der Waals surface area contributed by atoms with E-state index in [4.69, 9.17) is 0 Å². The molecule has 0 spiro atoms. The van der Waals surface area contributed by atoms with Crippen LogP contribution in [0.25, 0.3) is 0 Å². The maximum Gasteiger partial charge on any atom is 0.411 e. The van der Waals surface area contributed by atoms with E-state index in [1.807, 2.05) is 0 Å². The quantitative estimate of drug-likeness (QED) is 0.285. The summed E-state index contributed by atoms with van der Waals surface area (Å²) in [7, 11) is 0. The normalized spacial score (nSPS) is 16.8. The van der Waals surface area contributed by atoms with E-state index >= 15 is 0 Å². The van der Waals surface area contributed by atoms with Gasteiger partial charge in [-0.1, -0.05) is 67.8 Å². The van der Waals surface area contributed by atoms with E-state index in [2.05, 4.69) is 31.9 Å². The summed E-state index contributed by atoms with van der Waals surface area (Å²) >= 11 is 6.05. The summed E-state index contributed by atoms with van der Waals surface area (Å²) in [6, 6.07) is 11.5. The highest BCUT2D eigenvalue weighted by molar-refractivity contribution is 9.10. The van der Waals surface area contributed by atoms with Crippen molar-refractivity contribution in [3.63, 3.8) is 0 Å². The summed E-state index contributed by atoms with van der Waals surface area (Å²) in [6.45, 7) is 3.38. The predicted octanol–water partition coefficient (Wildman–Crippen LogP) is 7.84. The van der Waals surface area contributed by atoms with E-state index in [0.29, 0.717) is 11.1 Å². The first-order chi connectivity index (χ1) is 15.2. The standard InChI is InChI=1S/C24H16Br2F6O/c1-12-3-4-13(2)18(9-12)21(33)16-7-5-14(25)10-19(16)22(23(27,28)29,24(30,31)32)20-11-15(26)6-8-17(20)21/h3-11,33H,1-2H3. The summed E-state index contributed by atoms with van der Waals surface area (Å²) < 4.78 is 88.1. The lowest BCUT2D eigenvalue weighted by atomic mass is 9.59. The van der Waals surface area contributed by atoms with Gasteiger partial charge in [0.05, 0.1) is 0 Å². The first kappa shape index (κ1) is 24.3. The van der Waals surface area contributed by atoms with E-state index < -0.39 is 45.6 Å². The fraction of sp³-hybridized carbons (Fsp3) is 0.250. The number of halogens is 8. The second kappa shape index (κ2) is 7.58. The molecule has 0 aliphatic heterocycles. The molecule has 0 amide bonds. The maximum absolute atomic E-state index is 14.7. The fourth-order valence-electron chi connectivity index (χ4n) is 4.76. The number of hydrogen-bond donors (Lipinski definition) is 1. The molecule has 0 heterocycles. The van der Waals surface area contributed by atoms with E-state index in [1.165, 1.54) is 12.1 Å². The Morgan fingerprint density at radius 3 is 1.52 bits per heavy atom. The van der Waals surface area contributed by atoms with Crippen molar-refractivity contribution in [1.82, 2.24) is 0 Å². The predicted molar refractivity (Wildman–Crippen MR) is 119 cm³/mol. The van der Waals surface area contributed by atoms with Crippen LogP contribution < -0.4 is 0 Å². The molecule has 0 bridgehead atoms.